The van der Waals surface area contributed by atoms with Crippen LogP contribution in [0.3, 0.4) is 0 Å². The first-order valence-electron chi connectivity index (χ1n) is 8.00. The molecule has 0 N–H and O–H groups in total. The van der Waals surface area contributed by atoms with Crippen LogP contribution in [-0.4, -0.2) is 40.9 Å². The third-order valence-corrected chi connectivity index (χ3v) is 22.4. The summed E-state index contributed by atoms with van der Waals surface area (Å²) >= 11 is 12.8. The van der Waals surface area contributed by atoms with Crippen LogP contribution in [0.15, 0.2) is 61.4 Å². The molecule has 0 aromatic carbocycles. The van der Waals surface area contributed by atoms with Crippen molar-refractivity contribution in [1.82, 2.24) is 0 Å². The minimum absolute atomic E-state index is 1.64. The summed E-state index contributed by atoms with van der Waals surface area (Å²) in [5.41, 5.74) is 8.33. The molecule has 0 fully saturated rings. The van der Waals surface area contributed by atoms with E-state index in [1.165, 1.54) is 0 Å². The van der Waals surface area contributed by atoms with Crippen molar-refractivity contribution >= 4 is 63.1 Å². The molecule has 4 unspecified atom stereocenters. The summed E-state index contributed by atoms with van der Waals surface area (Å²) in [5, 5.41) is 0. The second kappa shape index (κ2) is 9.61. The van der Waals surface area contributed by atoms with Gasteiger partial charge in [-0.3, -0.25) is 0 Å². The molecule has 11 heteroatoms. The van der Waals surface area contributed by atoms with Gasteiger partial charge in [-0.2, -0.15) is 0 Å². The molecule has 0 aliphatic carbocycles. The highest BCUT2D eigenvalue weighted by atomic mass is 35.6. The molecule has 0 spiro atoms. The molecule has 0 saturated carbocycles. The monoisotopic (exact) mass is 484 g/mol. The predicted molar refractivity (Wildman–Crippen MR) is 125 cm³/mol. The molecule has 0 aliphatic rings. The first-order valence-corrected chi connectivity index (χ1v) is 22.2. The van der Waals surface area contributed by atoms with Gasteiger partial charge in [0.1, 0.15) is 0 Å². The van der Waals surface area contributed by atoms with Crippen molar-refractivity contribution in [2.45, 2.75) is 32.7 Å². The summed E-state index contributed by atoms with van der Waals surface area (Å²) in [6.45, 7) is 28.4. The lowest BCUT2D eigenvalue weighted by molar-refractivity contribution is 0.315. The average Bonchev–Trinajstić information content (AvgIpc) is 2.53. The highest BCUT2D eigenvalue weighted by Gasteiger charge is 2.48. The van der Waals surface area contributed by atoms with E-state index in [1.54, 1.807) is 28.5 Å². The van der Waals surface area contributed by atoms with Crippen LogP contribution in [-0.2, 0) is 16.5 Å². The molecule has 0 rings (SSSR count). The van der Waals surface area contributed by atoms with E-state index in [2.05, 4.69) is 32.9 Å². The molecule has 4 nitrogen and oxygen atoms in total. The highest BCUT2D eigenvalue weighted by molar-refractivity contribution is 7.22. The van der Waals surface area contributed by atoms with E-state index >= 15 is 0 Å². The molecule has 0 saturated heterocycles. The van der Waals surface area contributed by atoms with Crippen molar-refractivity contribution in [2.24, 2.45) is 0 Å². The van der Waals surface area contributed by atoms with Crippen LogP contribution in [0.2, 0.25) is 32.7 Å². The average molecular weight is 486 g/mol. The molecule has 0 radical (unpaired) electrons. The quantitative estimate of drug-likeness (QED) is 0.254. The van der Waals surface area contributed by atoms with E-state index in [4.69, 9.17) is 38.6 Å². The van der Waals surface area contributed by atoms with Gasteiger partial charge in [0.15, 0.2) is 0 Å². The van der Waals surface area contributed by atoms with Crippen molar-refractivity contribution in [3.05, 3.63) is 61.4 Å². The highest BCUT2D eigenvalue weighted by Crippen LogP contribution is 2.29. The summed E-state index contributed by atoms with van der Waals surface area (Å²) < 4.78 is 24.9. The van der Waals surface area contributed by atoms with Gasteiger partial charge < -0.3 is 16.5 Å². The van der Waals surface area contributed by atoms with E-state index in [0.29, 0.717) is 0 Å². The largest absolute Gasteiger partial charge is 0.418 e. The first kappa shape index (κ1) is 26.2. The minimum Gasteiger partial charge on any atom is -0.418 e. The first-order chi connectivity index (χ1) is 11.6. The Morgan fingerprint density at radius 3 is 0.923 bits per heavy atom. The molecule has 4 atom stereocenters. The van der Waals surface area contributed by atoms with Gasteiger partial charge in [0.05, 0.1) is 0 Å². The molecule has 0 bridgehead atoms. The SMILES string of the molecule is C=C[Si](C)(Cl)O[Si](C)(C=C)O[Si](C)(C=C)O[Si](C)(C=C)O[Si](C)(Cl)C=C. The van der Waals surface area contributed by atoms with Crippen molar-refractivity contribution in [3.8, 4) is 0 Å². The fourth-order valence-electron chi connectivity index (χ4n) is 1.99. The fraction of sp³-hybridized carbons (Fsp3) is 0.333. The van der Waals surface area contributed by atoms with Crippen LogP contribution < -0.4 is 0 Å². The smallest absolute Gasteiger partial charge is 0.344 e. The molecule has 0 heterocycles. The lowest BCUT2D eigenvalue weighted by Gasteiger charge is -2.41. The zero-order valence-corrected chi connectivity index (χ0v) is 22.8. The Labute approximate surface area is 173 Å². The number of rotatable bonds is 13. The summed E-state index contributed by atoms with van der Waals surface area (Å²) in [7, 11) is -13.8. The van der Waals surface area contributed by atoms with Gasteiger partial charge in [0.25, 0.3) is 0 Å². The van der Waals surface area contributed by atoms with Crippen molar-refractivity contribution in [1.29, 1.82) is 0 Å². The van der Waals surface area contributed by atoms with E-state index < -0.39 is 40.9 Å². The Morgan fingerprint density at radius 1 is 0.500 bits per heavy atom. The standard InChI is InChI=1S/C15H30Cl2O4Si5/c1-11-22(6,16)18-24(8,13-3)20-26(10,15-5)21-25(9,14-4)19-23(7,17)12-2/h11-15H,1-5H2,6-10H3. The zero-order valence-electron chi connectivity index (χ0n) is 16.3. The van der Waals surface area contributed by atoms with E-state index in [9.17, 15) is 0 Å². The van der Waals surface area contributed by atoms with Crippen LogP contribution in [0.5, 0.6) is 0 Å². The molecule has 0 amide bonds. The van der Waals surface area contributed by atoms with Gasteiger partial charge in [0.2, 0.25) is 0 Å². The zero-order chi connectivity index (χ0) is 20.9. The lowest BCUT2D eigenvalue weighted by atomic mass is 11.3. The van der Waals surface area contributed by atoms with Gasteiger partial charge in [-0.05, 0) is 32.7 Å². The summed E-state index contributed by atoms with van der Waals surface area (Å²) in [6.07, 6.45) is 0. The molecular formula is C15H30Cl2O4Si5. The van der Waals surface area contributed by atoms with E-state index in [1.807, 2.05) is 32.7 Å². The topological polar surface area (TPSA) is 36.9 Å². The van der Waals surface area contributed by atoms with Crippen LogP contribution in [0.1, 0.15) is 0 Å². The van der Waals surface area contributed by atoms with E-state index in [0.717, 1.165) is 0 Å². The van der Waals surface area contributed by atoms with Gasteiger partial charge in [-0.1, -0.05) is 28.5 Å². The number of hydrogen-bond donors (Lipinski definition) is 0. The fourth-order valence-corrected chi connectivity index (χ4v) is 21.8. The van der Waals surface area contributed by atoms with Crippen molar-refractivity contribution < 1.29 is 16.5 Å². The van der Waals surface area contributed by atoms with Crippen molar-refractivity contribution in [3.63, 3.8) is 0 Å². The van der Waals surface area contributed by atoms with Crippen LogP contribution >= 0.6 is 22.2 Å². The maximum absolute atomic E-state index is 6.42. The molecule has 0 aromatic heterocycles. The Morgan fingerprint density at radius 2 is 0.731 bits per heavy atom. The van der Waals surface area contributed by atoms with Crippen LogP contribution in [0, 0.1) is 0 Å². The maximum Gasteiger partial charge on any atom is 0.344 e. The van der Waals surface area contributed by atoms with Gasteiger partial charge >= 0.3 is 40.9 Å². The third-order valence-electron chi connectivity index (χ3n) is 3.46. The molecule has 0 aromatic rings. The Kier molecular flexibility index (Phi) is 9.68. The van der Waals surface area contributed by atoms with Gasteiger partial charge in [-0.25, -0.2) is 0 Å². The van der Waals surface area contributed by atoms with Crippen LogP contribution in [0.4, 0.5) is 0 Å². The summed E-state index contributed by atoms with van der Waals surface area (Å²) in [6, 6.07) is 0. The second-order valence-electron chi connectivity index (χ2n) is 6.45. The molecular weight excluding hydrogens is 455 g/mol. The molecule has 26 heavy (non-hydrogen) atoms. The second-order valence-corrected chi connectivity index (χ2v) is 26.3. The third kappa shape index (κ3) is 8.48. The van der Waals surface area contributed by atoms with Crippen LogP contribution in [0.25, 0.3) is 0 Å². The molecule has 148 valence electrons. The Hall–Kier alpha value is 0.204. The Bertz CT molecular complexity index is 530. The number of hydrogen-bond acceptors (Lipinski definition) is 4. The lowest BCUT2D eigenvalue weighted by Crippen LogP contribution is -2.59. The van der Waals surface area contributed by atoms with Gasteiger partial charge in [-0.15, -0.1) is 55.1 Å². The summed E-state index contributed by atoms with van der Waals surface area (Å²) in [5.74, 6) is 0. The maximum atomic E-state index is 6.42. The summed E-state index contributed by atoms with van der Waals surface area (Å²) in [4.78, 5) is 0. The normalized spacial score (nSPS) is 23.0. The van der Waals surface area contributed by atoms with Gasteiger partial charge in [0, 0.05) is 0 Å². The van der Waals surface area contributed by atoms with E-state index in [-0.39, 0.29) is 0 Å². The predicted octanol–water partition coefficient (Wildman–Crippen LogP) is 5.52. The molecule has 0 aliphatic heterocycles. The van der Waals surface area contributed by atoms with Crippen molar-refractivity contribution in [2.75, 3.05) is 0 Å². The number of halogens is 2. The Balaban J connectivity index is 5.64. The minimum atomic E-state index is -2.91.